The van der Waals surface area contributed by atoms with Gasteiger partial charge in [-0.1, -0.05) is 30.1 Å². The third kappa shape index (κ3) is 4.77. The fourth-order valence-corrected chi connectivity index (χ4v) is 3.17. The molecule has 0 saturated heterocycles. The summed E-state index contributed by atoms with van der Waals surface area (Å²) in [6.45, 7) is 9.33. The predicted octanol–water partition coefficient (Wildman–Crippen LogP) is 3.92. The van der Waals surface area contributed by atoms with Crippen LogP contribution in [0.3, 0.4) is 0 Å². The maximum absolute atomic E-state index is 12.3. The standard InChI is InChI=1S/C16H22BrCl2N5O/c1-9(8-24-12(4)13(17)10(2)21-24)16(25)20-6-5-7-23-15(19)14(18)11(3)22-23/h9H,5-8H2,1-4H3,(H,20,25). The maximum Gasteiger partial charge on any atom is 0.224 e. The first-order chi connectivity index (χ1) is 11.7. The second-order valence-electron chi connectivity index (χ2n) is 6.13. The minimum atomic E-state index is -0.171. The van der Waals surface area contributed by atoms with Gasteiger partial charge < -0.3 is 5.32 Å². The molecule has 138 valence electrons. The predicted molar refractivity (Wildman–Crippen MR) is 103 cm³/mol. The Morgan fingerprint density at radius 1 is 1.20 bits per heavy atom. The number of carbonyl (C=O) groups is 1. The smallest absolute Gasteiger partial charge is 0.224 e. The Bertz CT molecular complexity index is 771. The van der Waals surface area contributed by atoms with E-state index in [2.05, 4.69) is 31.4 Å². The molecule has 6 nitrogen and oxygen atoms in total. The van der Waals surface area contributed by atoms with Crippen LogP contribution in [0, 0.1) is 26.7 Å². The van der Waals surface area contributed by atoms with Gasteiger partial charge in [0.2, 0.25) is 5.91 Å². The number of aromatic nitrogens is 4. The van der Waals surface area contributed by atoms with E-state index in [-0.39, 0.29) is 11.8 Å². The van der Waals surface area contributed by atoms with Gasteiger partial charge in [-0.25, -0.2) is 0 Å². The van der Waals surface area contributed by atoms with Crippen LogP contribution >= 0.6 is 39.1 Å². The highest BCUT2D eigenvalue weighted by Gasteiger charge is 2.17. The Morgan fingerprint density at radius 3 is 2.36 bits per heavy atom. The summed E-state index contributed by atoms with van der Waals surface area (Å²) in [6, 6.07) is 0. The van der Waals surface area contributed by atoms with Crippen LogP contribution in [0.25, 0.3) is 0 Å². The van der Waals surface area contributed by atoms with Gasteiger partial charge in [-0.3, -0.25) is 14.2 Å². The number of nitrogens with zero attached hydrogens (tertiary/aromatic N) is 4. The highest BCUT2D eigenvalue weighted by Crippen LogP contribution is 2.25. The zero-order valence-corrected chi connectivity index (χ0v) is 17.8. The molecule has 2 aromatic heterocycles. The molecule has 1 unspecified atom stereocenters. The molecule has 2 aromatic rings. The monoisotopic (exact) mass is 449 g/mol. The van der Waals surface area contributed by atoms with Crippen LogP contribution in [0.1, 0.15) is 30.4 Å². The number of amides is 1. The Morgan fingerprint density at radius 2 is 1.84 bits per heavy atom. The van der Waals surface area contributed by atoms with Crippen LogP contribution in [0.15, 0.2) is 4.47 Å². The van der Waals surface area contributed by atoms with Crippen LogP contribution in [-0.2, 0) is 17.9 Å². The molecule has 0 bridgehead atoms. The van der Waals surface area contributed by atoms with Crippen molar-refractivity contribution in [3.05, 3.63) is 31.7 Å². The van der Waals surface area contributed by atoms with Crippen LogP contribution < -0.4 is 5.32 Å². The first kappa shape index (κ1) is 20.3. The van der Waals surface area contributed by atoms with Gasteiger partial charge in [0.25, 0.3) is 0 Å². The lowest BCUT2D eigenvalue weighted by Crippen LogP contribution is -2.33. The average Bonchev–Trinajstić information content (AvgIpc) is 2.96. The summed E-state index contributed by atoms with van der Waals surface area (Å²) in [4.78, 5) is 12.3. The van der Waals surface area contributed by atoms with Crippen molar-refractivity contribution in [1.29, 1.82) is 0 Å². The van der Waals surface area contributed by atoms with Gasteiger partial charge in [-0.05, 0) is 43.1 Å². The molecule has 0 aliphatic heterocycles. The molecule has 0 saturated carbocycles. The zero-order chi connectivity index (χ0) is 18.7. The van der Waals surface area contributed by atoms with E-state index in [1.807, 2.05) is 32.4 Å². The van der Waals surface area contributed by atoms with Crippen molar-refractivity contribution in [1.82, 2.24) is 24.9 Å². The van der Waals surface area contributed by atoms with Gasteiger partial charge in [0.05, 0.1) is 28.3 Å². The van der Waals surface area contributed by atoms with E-state index in [9.17, 15) is 4.79 Å². The number of carbonyl (C=O) groups excluding carboxylic acids is 1. The van der Waals surface area contributed by atoms with Gasteiger partial charge in [-0.15, -0.1) is 0 Å². The molecule has 1 atom stereocenters. The molecule has 2 heterocycles. The van der Waals surface area contributed by atoms with Crippen molar-refractivity contribution in [2.24, 2.45) is 5.92 Å². The number of hydrogen-bond donors (Lipinski definition) is 1. The van der Waals surface area contributed by atoms with Crippen molar-refractivity contribution in [2.75, 3.05) is 6.54 Å². The number of halogens is 3. The molecule has 0 fully saturated rings. The fraction of sp³-hybridized carbons (Fsp3) is 0.562. The van der Waals surface area contributed by atoms with Crippen LogP contribution in [0.4, 0.5) is 0 Å². The Kier molecular flexibility index (Phi) is 6.93. The summed E-state index contributed by atoms with van der Waals surface area (Å²) < 4.78 is 4.50. The summed E-state index contributed by atoms with van der Waals surface area (Å²) in [6.07, 6.45) is 0.723. The van der Waals surface area contributed by atoms with Crippen LogP contribution in [-0.4, -0.2) is 32.0 Å². The number of aryl methyl sites for hydroxylation is 3. The topological polar surface area (TPSA) is 64.7 Å². The summed E-state index contributed by atoms with van der Waals surface area (Å²) >= 11 is 15.6. The van der Waals surface area contributed by atoms with E-state index in [1.54, 1.807) is 4.68 Å². The summed E-state index contributed by atoms with van der Waals surface area (Å²) in [7, 11) is 0. The molecular weight excluding hydrogens is 429 g/mol. The molecule has 0 spiro atoms. The summed E-state index contributed by atoms with van der Waals surface area (Å²) in [5.74, 6) is -0.167. The SMILES string of the molecule is Cc1nn(CCCNC(=O)C(C)Cn2nc(C)c(Br)c2C)c(Cl)c1Cl. The molecular formula is C16H22BrCl2N5O. The molecule has 0 aliphatic carbocycles. The number of rotatable bonds is 7. The molecule has 1 N–H and O–H groups in total. The molecule has 0 aliphatic rings. The van der Waals surface area contributed by atoms with Crippen LogP contribution in [0.5, 0.6) is 0 Å². The van der Waals surface area contributed by atoms with Crippen molar-refractivity contribution in [3.63, 3.8) is 0 Å². The Labute approximate surface area is 166 Å². The van der Waals surface area contributed by atoms with Gasteiger partial charge in [-0.2, -0.15) is 10.2 Å². The molecule has 9 heteroatoms. The largest absolute Gasteiger partial charge is 0.356 e. The zero-order valence-electron chi connectivity index (χ0n) is 14.7. The first-order valence-corrected chi connectivity index (χ1v) is 9.62. The molecule has 0 radical (unpaired) electrons. The lowest BCUT2D eigenvalue weighted by atomic mass is 10.1. The van der Waals surface area contributed by atoms with Crippen molar-refractivity contribution >= 4 is 45.0 Å². The highest BCUT2D eigenvalue weighted by atomic mass is 79.9. The second-order valence-corrected chi connectivity index (χ2v) is 7.65. The molecule has 2 rings (SSSR count). The molecule has 25 heavy (non-hydrogen) atoms. The highest BCUT2D eigenvalue weighted by molar-refractivity contribution is 9.10. The van der Waals surface area contributed by atoms with E-state index < -0.39 is 0 Å². The lowest BCUT2D eigenvalue weighted by Gasteiger charge is -2.13. The van der Waals surface area contributed by atoms with E-state index in [4.69, 9.17) is 23.2 Å². The number of hydrogen-bond acceptors (Lipinski definition) is 3. The summed E-state index contributed by atoms with van der Waals surface area (Å²) in [5.41, 5.74) is 2.66. The molecule has 0 aromatic carbocycles. The van der Waals surface area contributed by atoms with Crippen LogP contribution in [0.2, 0.25) is 10.2 Å². The maximum atomic E-state index is 12.3. The first-order valence-electron chi connectivity index (χ1n) is 8.08. The quantitative estimate of drug-likeness (QED) is 0.650. The van der Waals surface area contributed by atoms with Gasteiger partial charge >= 0.3 is 0 Å². The van der Waals surface area contributed by atoms with Crippen molar-refractivity contribution < 1.29 is 4.79 Å². The van der Waals surface area contributed by atoms with E-state index in [1.165, 1.54) is 0 Å². The Balaban J connectivity index is 1.79. The summed E-state index contributed by atoms with van der Waals surface area (Å²) in [5, 5.41) is 12.6. The average molecular weight is 451 g/mol. The minimum absolute atomic E-state index is 0.00412. The minimum Gasteiger partial charge on any atom is -0.356 e. The van der Waals surface area contributed by atoms with Gasteiger partial charge in [0.15, 0.2) is 0 Å². The lowest BCUT2D eigenvalue weighted by molar-refractivity contribution is -0.124. The van der Waals surface area contributed by atoms with Gasteiger partial charge in [0.1, 0.15) is 10.2 Å². The fourth-order valence-electron chi connectivity index (χ4n) is 2.49. The normalized spacial score (nSPS) is 12.4. The van der Waals surface area contributed by atoms with Crippen molar-refractivity contribution in [2.45, 2.75) is 47.2 Å². The van der Waals surface area contributed by atoms with E-state index >= 15 is 0 Å². The second kappa shape index (κ2) is 8.56. The van der Waals surface area contributed by atoms with E-state index in [0.29, 0.717) is 35.5 Å². The molecule has 1 amide bonds. The Hall–Kier alpha value is -1.05. The van der Waals surface area contributed by atoms with Gasteiger partial charge in [0, 0.05) is 18.8 Å². The third-order valence-electron chi connectivity index (χ3n) is 4.03. The number of nitrogens with one attached hydrogen (secondary N) is 1. The van der Waals surface area contributed by atoms with Crippen molar-refractivity contribution in [3.8, 4) is 0 Å². The van der Waals surface area contributed by atoms with E-state index in [0.717, 1.165) is 22.3 Å². The third-order valence-corrected chi connectivity index (χ3v) is 6.11.